The van der Waals surface area contributed by atoms with Crippen LogP contribution in [-0.2, 0) is 0 Å². The Morgan fingerprint density at radius 2 is 1.67 bits per heavy atom. The number of benzene rings is 1. The van der Waals surface area contributed by atoms with Gasteiger partial charge in [0.2, 0.25) is 5.56 Å². The summed E-state index contributed by atoms with van der Waals surface area (Å²) in [6, 6.07) is 24.2. The second-order valence-corrected chi connectivity index (χ2v) is 6.98. The van der Waals surface area contributed by atoms with Gasteiger partial charge < -0.3 is 4.98 Å². The van der Waals surface area contributed by atoms with Crippen LogP contribution in [0.4, 0.5) is 0 Å². The number of aromatic nitrogens is 2. The Morgan fingerprint density at radius 1 is 0.889 bits per heavy atom. The fraction of sp³-hybridized carbons (Fsp3) is 0.167. The maximum Gasteiger partial charge on any atom is 0.248 e. The molecule has 4 rings (SSSR count). The van der Waals surface area contributed by atoms with Crippen molar-refractivity contribution in [2.75, 3.05) is 0 Å². The molecule has 134 valence electrons. The van der Waals surface area contributed by atoms with Gasteiger partial charge in [0.1, 0.15) is 0 Å². The normalized spacial score (nSPS) is 13.1. The van der Waals surface area contributed by atoms with Gasteiger partial charge in [-0.1, -0.05) is 54.6 Å². The summed E-state index contributed by atoms with van der Waals surface area (Å²) in [5, 5.41) is 0. The fourth-order valence-electron chi connectivity index (χ4n) is 3.24. The van der Waals surface area contributed by atoms with Crippen LogP contribution in [0.5, 0.6) is 0 Å². The summed E-state index contributed by atoms with van der Waals surface area (Å²) in [5.74, 6) is 0.499. The second kappa shape index (κ2) is 7.58. The third-order valence-electron chi connectivity index (χ3n) is 4.80. The van der Waals surface area contributed by atoms with E-state index in [1.807, 2.05) is 49.5 Å². The molecule has 1 fully saturated rings. The molecule has 0 spiro atoms. The monoisotopic (exact) mass is 354 g/mol. The predicted octanol–water partition coefficient (Wildman–Crippen LogP) is 5.41. The minimum absolute atomic E-state index is 0.0569. The highest BCUT2D eigenvalue weighted by molar-refractivity contribution is 5.80. The van der Waals surface area contributed by atoms with Crippen LogP contribution in [-0.4, -0.2) is 9.97 Å². The minimum atomic E-state index is -0.0569. The van der Waals surface area contributed by atoms with E-state index in [4.69, 9.17) is 0 Å². The van der Waals surface area contributed by atoms with Crippen molar-refractivity contribution in [2.24, 2.45) is 0 Å². The van der Waals surface area contributed by atoms with Gasteiger partial charge >= 0.3 is 0 Å². The molecule has 1 N–H and O–H groups in total. The van der Waals surface area contributed by atoms with Gasteiger partial charge in [0, 0.05) is 29.1 Å². The largest absolute Gasteiger partial charge is 0.327 e. The molecule has 0 radical (unpaired) electrons. The quantitative estimate of drug-likeness (QED) is 0.683. The summed E-state index contributed by atoms with van der Waals surface area (Å²) in [6.07, 6.45) is 4.13. The number of H-pyrrole nitrogens is 1. The summed E-state index contributed by atoms with van der Waals surface area (Å²) in [7, 11) is 0. The van der Waals surface area contributed by atoms with E-state index < -0.39 is 0 Å². The second-order valence-electron chi connectivity index (χ2n) is 6.98. The molecule has 0 aliphatic heterocycles. The molecule has 0 amide bonds. The molecule has 27 heavy (non-hydrogen) atoms. The van der Waals surface area contributed by atoms with Crippen molar-refractivity contribution in [1.29, 1.82) is 0 Å². The average Bonchev–Trinajstić information content (AvgIpc) is 3.53. The summed E-state index contributed by atoms with van der Waals surface area (Å²) < 4.78 is 0. The van der Waals surface area contributed by atoms with Gasteiger partial charge in [-0.25, -0.2) is 0 Å². The van der Waals surface area contributed by atoms with E-state index in [0.29, 0.717) is 5.92 Å². The lowest BCUT2D eigenvalue weighted by molar-refractivity contribution is 1.10. The Labute approximate surface area is 159 Å². The molecule has 1 aliphatic carbocycles. The topological polar surface area (TPSA) is 45.8 Å². The Hall–Kier alpha value is -3.20. The Bertz CT molecular complexity index is 1060. The lowest BCUT2D eigenvalue weighted by atomic mass is 10.00. The highest BCUT2D eigenvalue weighted by Gasteiger charge is 2.23. The summed E-state index contributed by atoms with van der Waals surface area (Å²) in [4.78, 5) is 19.7. The molecule has 3 heteroatoms. The van der Waals surface area contributed by atoms with Gasteiger partial charge in [0.25, 0.3) is 0 Å². The highest BCUT2D eigenvalue weighted by atomic mass is 16.1. The van der Waals surface area contributed by atoms with Gasteiger partial charge in [0.05, 0.1) is 5.69 Å². The predicted molar refractivity (Wildman–Crippen MR) is 110 cm³/mol. The van der Waals surface area contributed by atoms with E-state index in [1.165, 1.54) is 0 Å². The molecule has 1 saturated carbocycles. The molecule has 0 saturated heterocycles. The van der Waals surface area contributed by atoms with Crippen LogP contribution >= 0.6 is 0 Å². The number of rotatable bonds is 3. The van der Waals surface area contributed by atoms with Crippen LogP contribution in [0.2, 0.25) is 0 Å². The van der Waals surface area contributed by atoms with Crippen molar-refractivity contribution in [2.45, 2.75) is 25.7 Å². The zero-order valence-corrected chi connectivity index (χ0v) is 15.4. The third-order valence-corrected chi connectivity index (χ3v) is 4.80. The van der Waals surface area contributed by atoms with Crippen LogP contribution in [0.3, 0.4) is 0 Å². The van der Waals surface area contributed by atoms with E-state index in [9.17, 15) is 4.79 Å². The number of aromatic amines is 1. The molecule has 2 aromatic heterocycles. The molecule has 0 atom stereocenters. The third kappa shape index (κ3) is 4.14. The number of aryl methyl sites for hydroxylation is 1. The maximum atomic E-state index is 12.2. The summed E-state index contributed by atoms with van der Waals surface area (Å²) in [6.45, 7) is 1.91. The van der Waals surface area contributed by atoms with Crippen LogP contribution < -0.4 is 5.56 Å². The number of nitrogens with one attached hydrogen (secondary N) is 1. The molecule has 0 bridgehead atoms. The molecule has 3 nitrogen and oxygen atoms in total. The van der Waals surface area contributed by atoms with Crippen LogP contribution in [0.15, 0.2) is 83.8 Å². The van der Waals surface area contributed by atoms with Crippen molar-refractivity contribution in [3.05, 3.63) is 101 Å². The molecule has 0 unspecified atom stereocenters. The average molecular weight is 354 g/mol. The van der Waals surface area contributed by atoms with E-state index in [2.05, 4.69) is 40.3 Å². The number of hydrogen-bond acceptors (Lipinski definition) is 2. The molecule has 1 aliphatic rings. The highest BCUT2D eigenvalue weighted by Crippen LogP contribution is 2.39. The van der Waals surface area contributed by atoms with Gasteiger partial charge in [-0.15, -0.1) is 0 Å². The van der Waals surface area contributed by atoms with Crippen molar-refractivity contribution in [1.82, 2.24) is 9.97 Å². The standard InChI is InChI=1S/C24H22N2O/c1-17-9-10-19(13-14-21(18-11-12-18)16-23(27)26-17)22-8-5-15-25-24(22)20-6-3-2-4-7-20/h2-10,13-16,18H,11-12H2,1H3,(H,26,27). The van der Waals surface area contributed by atoms with Gasteiger partial charge in [-0.05, 0) is 48.9 Å². The number of hydrogen-bond donors (Lipinski definition) is 1. The Morgan fingerprint density at radius 3 is 2.44 bits per heavy atom. The van der Waals surface area contributed by atoms with E-state index in [0.717, 1.165) is 46.5 Å². The van der Waals surface area contributed by atoms with E-state index in [-0.39, 0.29) is 5.56 Å². The first-order chi connectivity index (χ1) is 13.2. The van der Waals surface area contributed by atoms with E-state index in [1.54, 1.807) is 6.07 Å². The smallest absolute Gasteiger partial charge is 0.248 e. The van der Waals surface area contributed by atoms with Crippen LogP contribution in [0, 0.1) is 6.92 Å². The van der Waals surface area contributed by atoms with Crippen molar-refractivity contribution >= 4 is 0 Å². The molecular formula is C24H22N2O. The molecule has 2 heterocycles. The van der Waals surface area contributed by atoms with Crippen LogP contribution in [0.25, 0.3) is 22.4 Å². The van der Waals surface area contributed by atoms with Crippen LogP contribution in [0.1, 0.15) is 30.0 Å². The maximum absolute atomic E-state index is 12.2. The zero-order valence-electron chi connectivity index (χ0n) is 15.4. The summed E-state index contributed by atoms with van der Waals surface area (Å²) >= 11 is 0. The first-order valence-electron chi connectivity index (χ1n) is 9.31. The molecular weight excluding hydrogens is 332 g/mol. The molecule has 3 aromatic rings. The van der Waals surface area contributed by atoms with Crippen molar-refractivity contribution < 1.29 is 0 Å². The van der Waals surface area contributed by atoms with E-state index >= 15 is 0 Å². The fourth-order valence-corrected chi connectivity index (χ4v) is 3.24. The van der Waals surface area contributed by atoms with Crippen molar-refractivity contribution in [3.8, 4) is 22.4 Å². The summed E-state index contributed by atoms with van der Waals surface area (Å²) in [5.41, 5.74) is 6.06. The minimum Gasteiger partial charge on any atom is -0.327 e. The van der Waals surface area contributed by atoms with Gasteiger partial charge in [-0.2, -0.15) is 0 Å². The Kier molecular flexibility index (Phi) is 4.84. The first kappa shape index (κ1) is 17.2. The lowest BCUT2D eigenvalue weighted by Crippen LogP contribution is -2.03. The SMILES string of the molecule is Cc1ccc(-c2cccnc2-c2ccccc2)ccc(C2CC2)cc(=O)[nH]1. The first-order valence-corrected chi connectivity index (χ1v) is 9.31. The molecule has 1 aromatic carbocycles. The zero-order chi connectivity index (χ0) is 18.6. The number of nitrogens with zero attached hydrogens (tertiary/aromatic N) is 1. The Balaban J connectivity index is 1.93. The lowest BCUT2D eigenvalue weighted by Gasteiger charge is -2.08. The number of pyridine rings is 1. The van der Waals surface area contributed by atoms with Crippen molar-refractivity contribution in [3.63, 3.8) is 0 Å². The van der Waals surface area contributed by atoms with Gasteiger partial charge in [0.15, 0.2) is 0 Å². The van der Waals surface area contributed by atoms with Gasteiger partial charge in [-0.3, -0.25) is 9.78 Å².